The molecule has 0 radical (unpaired) electrons. The number of carbonyl (C=O) groups is 1. The number of nitrogens with one attached hydrogen (secondary N) is 1. The van der Waals surface area contributed by atoms with Crippen molar-refractivity contribution in [3.63, 3.8) is 0 Å². The molecule has 2 rings (SSSR count). The molecule has 0 unspecified atom stereocenters. The van der Waals surface area contributed by atoms with E-state index in [1.807, 2.05) is 0 Å². The second-order valence-electron chi connectivity index (χ2n) is 3.61. The Morgan fingerprint density at radius 2 is 2.06 bits per heavy atom. The minimum atomic E-state index is -0.259. The molecule has 2 aromatic rings. The summed E-state index contributed by atoms with van der Waals surface area (Å²) in [4.78, 5) is 11.8. The molecular weight excluding hydrogens is 208 g/mol. The number of hydrogen-bond acceptors (Lipinski definition) is 4. The van der Waals surface area contributed by atoms with Crippen molar-refractivity contribution in [1.82, 2.24) is 5.16 Å². The number of aromatic nitrogens is 1. The molecule has 0 spiro atoms. The summed E-state index contributed by atoms with van der Waals surface area (Å²) in [5.41, 5.74) is 1.22. The predicted molar refractivity (Wildman–Crippen MR) is 57.4 cm³/mol. The molecule has 0 fully saturated rings. The second-order valence-corrected chi connectivity index (χ2v) is 3.61. The van der Waals surface area contributed by atoms with Crippen LogP contribution in [0, 0.1) is 20.8 Å². The normalized spacial score (nSPS) is 10.4. The fourth-order valence-electron chi connectivity index (χ4n) is 1.46. The maximum atomic E-state index is 11.8. The van der Waals surface area contributed by atoms with Gasteiger partial charge in [-0.2, -0.15) is 0 Å². The molecule has 5 heteroatoms. The Morgan fingerprint density at radius 3 is 2.56 bits per heavy atom. The molecule has 5 nitrogen and oxygen atoms in total. The summed E-state index contributed by atoms with van der Waals surface area (Å²) in [5.74, 6) is 1.37. The predicted octanol–water partition coefficient (Wildman–Crippen LogP) is 2.45. The van der Waals surface area contributed by atoms with Crippen molar-refractivity contribution in [1.29, 1.82) is 0 Å². The number of aryl methyl sites for hydroxylation is 3. The van der Waals surface area contributed by atoms with Gasteiger partial charge in [0.1, 0.15) is 11.5 Å². The van der Waals surface area contributed by atoms with Gasteiger partial charge in [-0.1, -0.05) is 5.16 Å². The Kier molecular flexibility index (Phi) is 2.52. The Balaban J connectivity index is 2.17. The lowest BCUT2D eigenvalue weighted by Crippen LogP contribution is -2.11. The van der Waals surface area contributed by atoms with E-state index in [-0.39, 0.29) is 5.91 Å². The second kappa shape index (κ2) is 3.84. The zero-order chi connectivity index (χ0) is 11.7. The summed E-state index contributed by atoms with van der Waals surface area (Å²) in [6.45, 7) is 5.32. The molecule has 1 amide bonds. The summed E-state index contributed by atoms with van der Waals surface area (Å²) in [6.07, 6.45) is 0. The average molecular weight is 220 g/mol. The SMILES string of the molecule is Cc1cc(NC(=O)c2cc(C)oc2C)on1. The van der Waals surface area contributed by atoms with Gasteiger partial charge in [-0.15, -0.1) is 0 Å². The molecule has 16 heavy (non-hydrogen) atoms. The van der Waals surface area contributed by atoms with Gasteiger partial charge < -0.3 is 8.94 Å². The number of nitrogens with zero attached hydrogens (tertiary/aromatic N) is 1. The molecule has 0 bridgehead atoms. The number of amides is 1. The number of hydrogen-bond donors (Lipinski definition) is 1. The fraction of sp³-hybridized carbons (Fsp3) is 0.273. The van der Waals surface area contributed by atoms with Crippen LogP contribution in [-0.2, 0) is 0 Å². The zero-order valence-electron chi connectivity index (χ0n) is 9.33. The van der Waals surface area contributed by atoms with Gasteiger partial charge in [0.05, 0.1) is 11.3 Å². The van der Waals surface area contributed by atoms with Gasteiger partial charge in [-0.05, 0) is 26.8 Å². The van der Waals surface area contributed by atoms with Crippen molar-refractivity contribution >= 4 is 11.8 Å². The van der Waals surface area contributed by atoms with E-state index >= 15 is 0 Å². The van der Waals surface area contributed by atoms with Gasteiger partial charge in [-0.25, -0.2) is 0 Å². The highest BCUT2D eigenvalue weighted by molar-refractivity contribution is 6.04. The monoisotopic (exact) mass is 220 g/mol. The summed E-state index contributed by atoms with van der Waals surface area (Å²) in [5, 5.41) is 6.28. The molecule has 1 N–H and O–H groups in total. The highest BCUT2D eigenvalue weighted by Crippen LogP contribution is 2.16. The Hall–Kier alpha value is -2.04. The van der Waals surface area contributed by atoms with Gasteiger partial charge in [0.15, 0.2) is 0 Å². The molecular formula is C11H12N2O3. The highest BCUT2D eigenvalue weighted by Gasteiger charge is 2.15. The third kappa shape index (κ3) is 1.98. The lowest BCUT2D eigenvalue weighted by Gasteiger charge is -1.98. The minimum absolute atomic E-state index is 0.259. The Morgan fingerprint density at radius 1 is 1.31 bits per heavy atom. The van der Waals surface area contributed by atoms with Crippen LogP contribution in [0.2, 0.25) is 0 Å². The molecule has 0 atom stereocenters. The smallest absolute Gasteiger partial charge is 0.261 e. The summed E-state index contributed by atoms with van der Waals surface area (Å²) in [7, 11) is 0. The van der Waals surface area contributed by atoms with Gasteiger partial charge in [-0.3, -0.25) is 10.1 Å². The number of rotatable bonds is 2. The van der Waals surface area contributed by atoms with Crippen molar-refractivity contribution in [3.05, 3.63) is 34.9 Å². The lowest BCUT2D eigenvalue weighted by molar-refractivity contribution is 0.102. The summed E-state index contributed by atoms with van der Waals surface area (Å²) >= 11 is 0. The maximum Gasteiger partial charge on any atom is 0.261 e. The first-order valence-electron chi connectivity index (χ1n) is 4.88. The quantitative estimate of drug-likeness (QED) is 0.843. The van der Waals surface area contributed by atoms with Crippen LogP contribution in [-0.4, -0.2) is 11.1 Å². The largest absolute Gasteiger partial charge is 0.466 e. The van der Waals surface area contributed by atoms with Crippen LogP contribution < -0.4 is 5.32 Å². The molecule has 2 aromatic heterocycles. The van der Waals surface area contributed by atoms with Crippen LogP contribution in [0.15, 0.2) is 21.1 Å². The lowest BCUT2D eigenvalue weighted by atomic mass is 10.2. The first kappa shape index (κ1) is 10.5. The van der Waals surface area contributed by atoms with Crippen LogP contribution in [0.5, 0.6) is 0 Å². The number of carbonyl (C=O) groups excluding carboxylic acids is 1. The maximum absolute atomic E-state index is 11.8. The van der Waals surface area contributed by atoms with E-state index in [4.69, 9.17) is 8.94 Å². The van der Waals surface area contributed by atoms with Crippen molar-refractivity contribution in [3.8, 4) is 0 Å². The van der Waals surface area contributed by atoms with Crippen molar-refractivity contribution in [2.75, 3.05) is 5.32 Å². The molecule has 0 saturated carbocycles. The van der Waals surface area contributed by atoms with Gasteiger partial charge in [0, 0.05) is 6.07 Å². The van der Waals surface area contributed by atoms with Crippen LogP contribution >= 0.6 is 0 Å². The molecule has 0 aromatic carbocycles. The van der Waals surface area contributed by atoms with Crippen LogP contribution in [0.3, 0.4) is 0 Å². The van der Waals surface area contributed by atoms with Crippen molar-refractivity contribution in [2.24, 2.45) is 0 Å². The van der Waals surface area contributed by atoms with Crippen molar-refractivity contribution in [2.45, 2.75) is 20.8 Å². The van der Waals surface area contributed by atoms with E-state index in [9.17, 15) is 4.79 Å². The minimum Gasteiger partial charge on any atom is -0.466 e. The van der Waals surface area contributed by atoms with E-state index in [1.165, 1.54) is 0 Å². The third-order valence-electron chi connectivity index (χ3n) is 2.15. The van der Waals surface area contributed by atoms with Gasteiger partial charge in [0.2, 0.25) is 5.88 Å². The fourth-order valence-corrected chi connectivity index (χ4v) is 1.46. The highest BCUT2D eigenvalue weighted by atomic mass is 16.5. The van der Waals surface area contributed by atoms with Crippen LogP contribution in [0.25, 0.3) is 0 Å². The molecule has 0 aliphatic heterocycles. The molecule has 2 heterocycles. The molecule has 0 saturated heterocycles. The van der Waals surface area contributed by atoms with Crippen LogP contribution in [0.1, 0.15) is 27.6 Å². The number of furan rings is 1. The molecule has 0 aliphatic carbocycles. The van der Waals surface area contributed by atoms with E-state index in [0.717, 1.165) is 5.69 Å². The van der Waals surface area contributed by atoms with E-state index in [2.05, 4.69) is 10.5 Å². The van der Waals surface area contributed by atoms with Gasteiger partial charge in [0.25, 0.3) is 5.91 Å². The zero-order valence-corrected chi connectivity index (χ0v) is 9.33. The summed E-state index contributed by atoms with van der Waals surface area (Å²) in [6, 6.07) is 3.34. The van der Waals surface area contributed by atoms with Crippen LogP contribution in [0.4, 0.5) is 5.88 Å². The number of anilines is 1. The summed E-state index contributed by atoms with van der Waals surface area (Å²) < 4.78 is 10.2. The molecule has 84 valence electrons. The molecule has 0 aliphatic rings. The van der Waals surface area contributed by atoms with Crippen molar-refractivity contribution < 1.29 is 13.7 Å². The van der Waals surface area contributed by atoms with Gasteiger partial charge >= 0.3 is 0 Å². The first-order chi connectivity index (χ1) is 7.56. The standard InChI is InChI=1S/C11H12N2O3/c1-6-4-10(16-13-6)12-11(14)9-5-7(2)15-8(9)3/h4-5H,1-3H3,(H,12,14). The van der Waals surface area contributed by atoms with E-state index < -0.39 is 0 Å². The van der Waals surface area contributed by atoms with E-state index in [1.54, 1.807) is 32.9 Å². The topological polar surface area (TPSA) is 68.3 Å². The average Bonchev–Trinajstić information content (AvgIpc) is 2.73. The van der Waals surface area contributed by atoms with E-state index in [0.29, 0.717) is 23.0 Å². The first-order valence-corrected chi connectivity index (χ1v) is 4.88. The third-order valence-corrected chi connectivity index (χ3v) is 2.15. The Bertz CT molecular complexity index is 525. The Labute approximate surface area is 92.4 Å².